The Morgan fingerprint density at radius 2 is 2.23 bits per heavy atom. The van der Waals surface area contributed by atoms with Gasteiger partial charge in [0.05, 0.1) is 24.0 Å². The molecule has 1 aliphatic heterocycles. The van der Waals surface area contributed by atoms with Crippen LogP contribution in [-0.2, 0) is 16.1 Å². The standard InChI is InChI=1S/C18H22N2O2/c1-2-22-17(21)18-9-6-10-20(16(18)15(11-18)12-19)13-14-7-4-3-5-8-14/h3-5,7-8,15-16H,2,6,9-11,13H2,1H3/t15-,16+,18+/m1/s1. The lowest BCUT2D eigenvalue weighted by Gasteiger charge is -2.58. The van der Waals surface area contributed by atoms with Gasteiger partial charge < -0.3 is 4.74 Å². The maximum absolute atomic E-state index is 12.5. The summed E-state index contributed by atoms with van der Waals surface area (Å²) in [4.78, 5) is 14.8. The number of nitriles is 1. The molecule has 1 saturated carbocycles. The average molecular weight is 298 g/mol. The second-order valence-corrected chi connectivity index (χ2v) is 6.32. The van der Waals surface area contributed by atoms with Gasteiger partial charge in [0.2, 0.25) is 0 Å². The van der Waals surface area contributed by atoms with Crippen molar-refractivity contribution in [2.45, 2.75) is 38.8 Å². The van der Waals surface area contributed by atoms with Gasteiger partial charge in [-0.25, -0.2) is 0 Å². The summed E-state index contributed by atoms with van der Waals surface area (Å²) in [6.45, 7) is 3.99. The first kappa shape index (κ1) is 15.1. The van der Waals surface area contributed by atoms with E-state index in [1.165, 1.54) is 5.56 Å². The Kier molecular flexibility index (Phi) is 4.17. The molecule has 2 fully saturated rings. The summed E-state index contributed by atoms with van der Waals surface area (Å²) >= 11 is 0. The van der Waals surface area contributed by atoms with Crippen LogP contribution in [0.4, 0.5) is 0 Å². The predicted octanol–water partition coefficient (Wildman–Crippen LogP) is 2.74. The van der Waals surface area contributed by atoms with Gasteiger partial charge >= 0.3 is 5.97 Å². The minimum absolute atomic E-state index is 0.00510. The molecule has 4 nitrogen and oxygen atoms in total. The van der Waals surface area contributed by atoms with E-state index in [1.54, 1.807) is 0 Å². The molecule has 0 N–H and O–H groups in total. The number of nitrogens with zero attached hydrogens (tertiary/aromatic N) is 2. The molecule has 1 aliphatic carbocycles. The maximum atomic E-state index is 12.5. The van der Waals surface area contributed by atoms with E-state index < -0.39 is 5.41 Å². The molecule has 4 heteroatoms. The van der Waals surface area contributed by atoms with Crippen LogP contribution in [0.1, 0.15) is 31.7 Å². The number of piperidine rings is 1. The molecule has 0 amide bonds. The van der Waals surface area contributed by atoms with Gasteiger partial charge in [0.15, 0.2) is 0 Å². The first-order chi connectivity index (χ1) is 10.7. The van der Waals surface area contributed by atoms with Crippen molar-refractivity contribution in [3.8, 4) is 6.07 Å². The third-order valence-corrected chi connectivity index (χ3v) is 5.07. The zero-order valence-electron chi connectivity index (χ0n) is 13.0. The van der Waals surface area contributed by atoms with Crippen LogP contribution in [0.5, 0.6) is 0 Å². The summed E-state index contributed by atoms with van der Waals surface area (Å²) in [7, 11) is 0. The van der Waals surface area contributed by atoms with Crippen LogP contribution in [0.25, 0.3) is 0 Å². The van der Waals surface area contributed by atoms with Gasteiger partial charge in [-0.15, -0.1) is 0 Å². The summed E-state index contributed by atoms with van der Waals surface area (Å²) in [6.07, 6.45) is 2.48. The van der Waals surface area contributed by atoms with Gasteiger partial charge in [0.25, 0.3) is 0 Å². The number of esters is 1. The summed E-state index contributed by atoms with van der Waals surface area (Å²) in [5.41, 5.74) is 0.773. The largest absolute Gasteiger partial charge is 0.466 e. The van der Waals surface area contributed by atoms with E-state index in [0.717, 1.165) is 25.9 Å². The van der Waals surface area contributed by atoms with Crippen molar-refractivity contribution in [1.82, 2.24) is 4.90 Å². The fraction of sp³-hybridized carbons (Fsp3) is 0.556. The third-order valence-electron chi connectivity index (χ3n) is 5.07. The molecular weight excluding hydrogens is 276 g/mol. The van der Waals surface area contributed by atoms with Crippen molar-refractivity contribution in [3.05, 3.63) is 35.9 Å². The average Bonchev–Trinajstić information content (AvgIpc) is 2.50. The third kappa shape index (κ3) is 2.40. The highest BCUT2D eigenvalue weighted by Crippen LogP contribution is 2.55. The van der Waals surface area contributed by atoms with Gasteiger partial charge in [-0.05, 0) is 38.3 Å². The van der Waals surface area contributed by atoms with E-state index in [2.05, 4.69) is 23.1 Å². The zero-order valence-corrected chi connectivity index (χ0v) is 13.0. The number of hydrogen-bond donors (Lipinski definition) is 0. The summed E-state index contributed by atoms with van der Waals surface area (Å²) in [5, 5.41) is 9.41. The van der Waals surface area contributed by atoms with Crippen LogP contribution in [0, 0.1) is 22.7 Å². The van der Waals surface area contributed by atoms with E-state index in [-0.39, 0.29) is 17.9 Å². The van der Waals surface area contributed by atoms with Crippen molar-refractivity contribution in [2.24, 2.45) is 11.3 Å². The van der Waals surface area contributed by atoms with Crippen LogP contribution in [-0.4, -0.2) is 30.1 Å². The van der Waals surface area contributed by atoms with Crippen LogP contribution in [0.3, 0.4) is 0 Å². The fourth-order valence-corrected chi connectivity index (χ4v) is 4.13. The Bertz CT molecular complexity index is 580. The summed E-state index contributed by atoms with van der Waals surface area (Å²) in [6, 6.07) is 12.7. The lowest BCUT2D eigenvalue weighted by atomic mass is 9.54. The molecule has 0 bridgehead atoms. The first-order valence-corrected chi connectivity index (χ1v) is 8.06. The van der Waals surface area contributed by atoms with E-state index >= 15 is 0 Å². The SMILES string of the molecule is CCOC(=O)[C@]12CCCN(Cc3ccccc3)[C@H]1[C@@H](C#N)C2. The van der Waals surface area contributed by atoms with Gasteiger partial charge in [-0.3, -0.25) is 9.69 Å². The molecule has 3 atom stereocenters. The molecule has 2 aliphatic rings. The molecule has 1 saturated heterocycles. The monoisotopic (exact) mass is 298 g/mol. The Morgan fingerprint density at radius 1 is 1.45 bits per heavy atom. The Morgan fingerprint density at radius 3 is 2.91 bits per heavy atom. The molecule has 0 spiro atoms. The normalized spacial score (nSPS) is 30.7. The lowest BCUT2D eigenvalue weighted by Crippen LogP contribution is -2.67. The number of rotatable bonds is 4. The Labute approximate surface area is 131 Å². The second kappa shape index (κ2) is 6.10. The minimum atomic E-state index is -0.455. The highest BCUT2D eigenvalue weighted by Gasteiger charge is 2.63. The smallest absolute Gasteiger partial charge is 0.313 e. The van der Waals surface area contributed by atoms with Crippen LogP contribution in [0.15, 0.2) is 30.3 Å². The summed E-state index contributed by atoms with van der Waals surface area (Å²) in [5.74, 6) is -0.169. The number of fused-ring (bicyclic) bond motifs is 1. The highest BCUT2D eigenvalue weighted by molar-refractivity contribution is 5.80. The van der Waals surface area contributed by atoms with Crippen molar-refractivity contribution in [1.29, 1.82) is 5.26 Å². The van der Waals surface area contributed by atoms with Crippen molar-refractivity contribution >= 4 is 5.97 Å². The Balaban J connectivity index is 1.82. The molecule has 1 aromatic carbocycles. The minimum Gasteiger partial charge on any atom is -0.466 e. The molecule has 1 heterocycles. The molecule has 0 aromatic heterocycles. The van der Waals surface area contributed by atoms with E-state index in [9.17, 15) is 10.1 Å². The zero-order chi connectivity index (χ0) is 15.6. The Hall–Kier alpha value is -1.86. The fourth-order valence-electron chi connectivity index (χ4n) is 4.13. The summed E-state index contributed by atoms with van der Waals surface area (Å²) < 4.78 is 5.32. The van der Waals surface area contributed by atoms with Crippen LogP contribution < -0.4 is 0 Å². The van der Waals surface area contributed by atoms with E-state index in [1.807, 2.05) is 25.1 Å². The quantitative estimate of drug-likeness (QED) is 0.802. The molecule has 0 radical (unpaired) electrons. The van der Waals surface area contributed by atoms with Crippen LogP contribution >= 0.6 is 0 Å². The van der Waals surface area contributed by atoms with Gasteiger partial charge in [0, 0.05) is 12.6 Å². The van der Waals surface area contributed by atoms with Crippen LogP contribution in [0.2, 0.25) is 0 Å². The molecule has 116 valence electrons. The molecular formula is C18H22N2O2. The highest BCUT2D eigenvalue weighted by atomic mass is 16.5. The van der Waals surface area contributed by atoms with E-state index in [0.29, 0.717) is 13.0 Å². The van der Waals surface area contributed by atoms with Gasteiger partial charge in [-0.2, -0.15) is 5.26 Å². The maximum Gasteiger partial charge on any atom is 0.313 e. The number of hydrogen-bond acceptors (Lipinski definition) is 4. The first-order valence-electron chi connectivity index (χ1n) is 8.06. The van der Waals surface area contributed by atoms with E-state index in [4.69, 9.17) is 4.74 Å². The number of ether oxygens (including phenoxy) is 1. The molecule has 22 heavy (non-hydrogen) atoms. The predicted molar refractivity (Wildman–Crippen MR) is 82.7 cm³/mol. The lowest BCUT2D eigenvalue weighted by molar-refractivity contribution is -0.183. The van der Waals surface area contributed by atoms with Crippen molar-refractivity contribution in [2.75, 3.05) is 13.2 Å². The second-order valence-electron chi connectivity index (χ2n) is 6.32. The van der Waals surface area contributed by atoms with Crippen molar-refractivity contribution < 1.29 is 9.53 Å². The topological polar surface area (TPSA) is 53.3 Å². The number of carbonyl (C=O) groups is 1. The number of benzene rings is 1. The van der Waals surface area contributed by atoms with Gasteiger partial charge in [-0.1, -0.05) is 30.3 Å². The molecule has 0 unspecified atom stereocenters. The number of carbonyl (C=O) groups excluding carboxylic acids is 1. The number of likely N-dealkylation sites (tertiary alicyclic amines) is 1. The van der Waals surface area contributed by atoms with Gasteiger partial charge in [0.1, 0.15) is 0 Å². The van der Waals surface area contributed by atoms with Crippen molar-refractivity contribution in [3.63, 3.8) is 0 Å². The molecule has 3 rings (SSSR count). The molecule has 1 aromatic rings.